The molecule has 1 aliphatic rings. The van der Waals surface area contributed by atoms with E-state index in [4.69, 9.17) is 4.42 Å². The van der Waals surface area contributed by atoms with Gasteiger partial charge in [-0.3, -0.25) is 4.79 Å². The quantitative estimate of drug-likeness (QED) is 0.746. The number of nitrogens with zero attached hydrogens (tertiary/aromatic N) is 4. The van der Waals surface area contributed by atoms with Gasteiger partial charge in [0, 0.05) is 11.3 Å². The van der Waals surface area contributed by atoms with Crippen molar-refractivity contribution in [1.82, 2.24) is 25.5 Å². The number of nitrogens with one attached hydrogen (secondary N) is 1. The van der Waals surface area contributed by atoms with Gasteiger partial charge in [0.15, 0.2) is 5.82 Å². The van der Waals surface area contributed by atoms with E-state index in [1.807, 2.05) is 44.2 Å². The topological polar surface area (TPSA) is 85.8 Å². The molecule has 0 bridgehead atoms. The van der Waals surface area contributed by atoms with Crippen molar-refractivity contribution < 1.29 is 9.21 Å². The van der Waals surface area contributed by atoms with Gasteiger partial charge in [-0.1, -0.05) is 32.0 Å². The van der Waals surface area contributed by atoms with E-state index in [0.29, 0.717) is 11.7 Å². The van der Waals surface area contributed by atoms with E-state index in [2.05, 4.69) is 20.8 Å². The first-order valence-electron chi connectivity index (χ1n) is 8.65. The second-order valence-electron chi connectivity index (χ2n) is 6.92. The summed E-state index contributed by atoms with van der Waals surface area (Å²) in [6, 6.07) is 9.82. The van der Waals surface area contributed by atoms with Crippen LogP contribution in [0.15, 0.2) is 34.7 Å². The Morgan fingerprint density at radius 3 is 2.88 bits per heavy atom. The smallest absolute Gasteiger partial charge is 0.242 e. The van der Waals surface area contributed by atoms with Crippen LogP contribution in [0, 0.1) is 5.92 Å². The van der Waals surface area contributed by atoms with Gasteiger partial charge in [-0.25, -0.2) is 4.68 Å². The van der Waals surface area contributed by atoms with Crippen LogP contribution in [0.3, 0.4) is 0 Å². The predicted octanol–water partition coefficient (Wildman–Crippen LogP) is 2.81. The molecule has 1 saturated carbocycles. The zero-order valence-electron chi connectivity index (χ0n) is 14.3. The summed E-state index contributed by atoms with van der Waals surface area (Å²) in [5.41, 5.74) is 0.847. The summed E-state index contributed by atoms with van der Waals surface area (Å²) >= 11 is 0. The molecule has 130 valence electrons. The van der Waals surface area contributed by atoms with Crippen LogP contribution in [0.4, 0.5) is 0 Å². The lowest BCUT2D eigenvalue weighted by Gasteiger charge is -2.16. The fraction of sp³-hybridized carbons (Fsp3) is 0.444. The first-order chi connectivity index (χ1) is 12.1. The Morgan fingerprint density at radius 1 is 1.36 bits per heavy atom. The molecule has 3 aromatic rings. The van der Waals surface area contributed by atoms with Crippen LogP contribution in [0.5, 0.6) is 0 Å². The van der Waals surface area contributed by atoms with Gasteiger partial charge in [-0.15, -0.1) is 5.10 Å². The molecule has 0 unspecified atom stereocenters. The summed E-state index contributed by atoms with van der Waals surface area (Å²) in [5, 5.41) is 15.8. The van der Waals surface area contributed by atoms with Crippen LogP contribution in [0.25, 0.3) is 11.0 Å². The van der Waals surface area contributed by atoms with Gasteiger partial charge >= 0.3 is 0 Å². The normalized spacial score (nSPS) is 15.6. The molecule has 1 N–H and O–H groups in total. The molecule has 25 heavy (non-hydrogen) atoms. The Hall–Kier alpha value is -2.70. The average molecular weight is 339 g/mol. The number of hydrogen-bond acceptors (Lipinski definition) is 5. The van der Waals surface area contributed by atoms with Crippen molar-refractivity contribution >= 4 is 16.9 Å². The van der Waals surface area contributed by atoms with E-state index in [9.17, 15) is 4.79 Å². The van der Waals surface area contributed by atoms with Gasteiger partial charge in [-0.05, 0) is 41.3 Å². The summed E-state index contributed by atoms with van der Waals surface area (Å²) in [4.78, 5) is 12.5. The summed E-state index contributed by atoms with van der Waals surface area (Å²) in [5.74, 6) is 2.02. The minimum atomic E-state index is -0.105. The molecular weight excluding hydrogens is 318 g/mol. The Labute approximate surface area is 145 Å². The summed E-state index contributed by atoms with van der Waals surface area (Å²) in [7, 11) is 0. The molecule has 7 nitrogen and oxygen atoms in total. The van der Waals surface area contributed by atoms with Crippen LogP contribution in [-0.4, -0.2) is 26.1 Å². The minimum Gasteiger partial charge on any atom is -0.459 e. The van der Waals surface area contributed by atoms with Crippen LogP contribution >= 0.6 is 0 Å². The number of tetrazole rings is 1. The van der Waals surface area contributed by atoms with Gasteiger partial charge in [0.05, 0.1) is 6.04 Å². The maximum atomic E-state index is 12.5. The van der Waals surface area contributed by atoms with Gasteiger partial charge in [0.2, 0.25) is 5.91 Å². The van der Waals surface area contributed by atoms with Crippen molar-refractivity contribution in [2.75, 3.05) is 0 Å². The second-order valence-corrected chi connectivity index (χ2v) is 6.92. The van der Waals surface area contributed by atoms with Crippen molar-refractivity contribution in [3.8, 4) is 0 Å². The highest BCUT2D eigenvalue weighted by Crippen LogP contribution is 2.42. The third kappa shape index (κ3) is 3.26. The van der Waals surface area contributed by atoms with Gasteiger partial charge in [0.25, 0.3) is 0 Å². The van der Waals surface area contributed by atoms with Gasteiger partial charge in [0.1, 0.15) is 17.9 Å². The lowest BCUT2D eigenvalue weighted by atomic mass is 10.1. The maximum Gasteiger partial charge on any atom is 0.242 e. The fourth-order valence-corrected chi connectivity index (χ4v) is 3.10. The number of aromatic nitrogens is 4. The van der Waals surface area contributed by atoms with E-state index in [1.54, 1.807) is 4.68 Å². The zero-order valence-corrected chi connectivity index (χ0v) is 14.3. The molecule has 0 saturated heterocycles. The first kappa shape index (κ1) is 15.8. The first-order valence-corrected chi connectivity index (χ1v) is 8.65. The Bertz CT molecular complexity index is 861. The molecule has 4 rings (SSSR count). The molecule has 0 radical (unpaired) electrons. The number of hydrogen-bond donors (Lipinski definition) is 1. The van der Waals surface area contributed by atoms with Gasteiger partial charge < -0.3 is 9.73 Å². The summed E-state index contributed by atoms with van der Waals surface area (Å²) < 4.78 is 7.53. The van der Waals surface area contributed by atoms with Crippen molar-refractivity contribution in [2.24, 2.45) is 5.92 Å². The number of carbonyl (C=O) groups excluding carboxylic acids is 1. The maximum absolute atomic E-state index is 12.5. The largest absolute Gasteiger partial charge is 0.459 e. The molecule has 2 heterocycles. The number of fused-ring (bicyclic) bond motifs is 1. The number of rotatable bonds is 6. The Balaban J connectivity index is 1.52. The molecule has 1 aromatic carbocycles. The highest BCUT2D eigenvalue weighted by Gasteiger charge is 2.35. The van der Waals surface area contributed by atoms with Crippen molar-refractivity contribution in [3.05, 3.63) is 41.9 Å². The molecule has 0 spiro atoms. The predicted molar refractivity (Wildman–Crippen MR) is 91.7 cm³/mol. The van der Waals surface area contributed by atoms with Gasteiger partial charge in [-0.2, -0.15) is 0 Å². The van der Waals surface area contributed by atoms with E-state index < -0.39 is 0 Å². The number of furan rings is 1. The molecular formula is C18H21N5O2. The zero-order chi connectivity index (χ0) is 17.4. The van der Waals surface area contributed by atoms with Crippen molar-refractivity contribution in [1.29, 1.82) is 0 Å². The van der Waals surface area contributed by atoms with Crippen LogP contribution in [0.1, 0.15) is 50.2 Å². The lowest BCUT2D eigenvalue weighted by molar-refractivity contribution is -0.123. The average Bonchev–Trinajstić information content (AvgIpc) is 3.16. The SMILES string of the molecule is CC(C)c1nnnn1CC(=O)N[C@H](c1cc2ccccc2o1)C1CC1. The second kappa shape index (κ2) is 6.31. The molecule has 1 fully saturated rings. The van der Waals surface area contributed by atoms with Crippen molar-refractivity contribution in [3.63, 3.8) is 0 Å². The molecule has 0 aliphatic heterocycles. The fourth-order valence-electron chi connectivity index (χ4n) is 3.10. The number of amides is 1. The lowest BCUT2D eigenvalue weighted by Crippen LogP contribution is -2.33. The number of benzene rings is 1. The summed E-state index contributed by atoms with van der Waals surface area (Å²) in [6.07, 6.45) is 2.20. The molecule has 1 atom stereocenters. The van der Waals surface area contributed by atoms with Crippen molar-refractivity contribution in [2.45, 2.75) is 45.2 Å². The standard InChI is InChI=1S/C18H21N5O2/c1-11(2)18-20-21-22-23(18)10-16(24)19-17(12-7-8-12)15-9-13-5-3-4-6-14(13)25-15/h3-6,9,11-12,17H,7-8,10H2,1-2H3,(H,19,24)/t17-/m0/s1. The monoisotopic (exact) mass is 339 g/mol. The van der Waals surface area contributed by atoms with Crippen LogP contribution in [0.2, 0.25) is 0 Å². The van der Waals surface area contributed by atoms with Crippen LogP contribution in [-0.2, 0) is 11.3 Å². The summed E-state index contributed by atoms with van der Waals surface area (Å²) in [6.45, 7) is 4.12. The van der Waals surface area contributed by atoms with E-state index in [1.165, 1.54) is 0 Å². The molecule has 7 heteroatoms. The van der Waals surface area contributed by atoms with Crippen LogP contribution < -0.4 is 5.32 Å². The molecule has 1 amide bonds. The van der Waals surface area contributed by atoms with E-state index in [-0.39, 0.29) is 24.4 Å². The highest BCUT2D eigenvalue weighted by atomic mass is 16.3. The third-order valence-corrected chi connectivity index (χ3v) is 4.53. The Morgan fingerprint density at radius 2 is 2.16 bits per heavy atom. The third-order valence-electron chi connectivity index (χ3n) is 4.53. The van der Waals surface area contributed by atoms with E-state index in [0.717, 1.165) is 29.6 Å². The number of para-hydroxylation sites is 1. The Kier molecular flexibility index (Phi) is 3.99. The highest BCUT2D eigenvalue weighted by molar-refractivity contribution is 5.79. The van der Waals surface area contributed by atoms with E-state index >= 15 is 0 Å². The molecule has 2 aromatic heterocycles. The molecule has 1 aliphatic carbocycles. The minimum absolute atomic E-state index is 0.0983. The number of carbonyl (C=O) groups is 1.